The van der Waals surface area contributed by atoms with Crippen LogP contribution in [0.4, 0.5) is 0 Å². The first-order valence-electron chi connectivity index (χ1n) is 4.19. The van der Waals surface area contributed by atoms with Crippen molar-refractivity contribution in [1.29, 1.82) is 0 Å². The molecule has 0 aliphatic heterocycles. The molecule has 0 aliphatic carbocycles. The molecule has 0 heterocycles. The van der Waals surface area contributed by atoms with Crippen molar-refractivity contribution in [2.75, 3.05) is 13.7 Å². The number of carbonyl (C=O) groups excluding carboxylic acids is 1. The van der Waals surface area contributed by atoms with Crippen LogP contribution in [0.5, 0.6) is 0 Å². The van der Waals surface area contributed by atoms with Crippen LogP contribution < -0.4 is 5.90 Å². The molecule has 0 atom stereocenters. The summed E-state index contributed by atoms with van der Waals surface area (Å²) in [6, 6.07) is 0. The van der Waals surface area contributed by atoms with Crippen molar-refractivity contribution in [2.45, 2.75) is 32.1 Å². The van der Waals surface area contributed by atoms with Gasteiger partial charge >= 0.3 is 5.97 Å². The lowest BCUT2D eigenvalue weighted by Gasteiger charge is -1.99. The maximum Gasteiger partial charge on any atom is 0.305 e. The van der Waals surface area contributed by atoms with Crippen LogP contribution >= 0.6 is 0 Å². The van der Waals surface area contributed by atoms with E-state index in [0.717, 1.165) is 25.7 Å². The van der Waals surface area contributed by atoms with Gasteiger partial charge in [-0.15, -0.1) is 0 Å². The molecular formula is C8H17NO3. The quantitative estimate of drug-likeness (QED) is 0.356. The summed E-state index contributed by atoms with van der Waals surface area (Å²) < 4.78 is 4.49. The van der Waals surface area contributed by atoms with Gasteiger partial charge in [0.25, 0.3) is 0 Å². The summed E-state index contributed by atoms with van der Waals surface area (Å²) in [5.74, 6) is 4.70. The van der Waals surface area contributed by atoms with Crippen molar-refractivity contribution in [3.63, 3.8) is 0 Å². The Hall–Kier alpha value is -0.610. The Morgan fingerprint density at radius 1 is 1.25 bits per heavy atom. The fraction of sp³-hybridized carbons (Fsp3) is 0.875. The molecule has 12 heavy (non-hydrogen) atoms. The van der Waals surface area contributed by atoms with Gasteiger partial charge < -0.3 is 9.57 Å². The van der Waals surface area contributed by atoms with E-state index in [1.807, 2.05) is 0 Å². The summed E-state index contributed by atoms with van der Waals surface area (Å²) in [6.07, 6.45) is 4.43. The molecule has 0 saturated heterocycles. The zero-order chi connectivity index (χ0) is 9.23. The number of esters is 1. The first-order valence-corrected chi connectivity index (χ1v) is 4.19. The van der Waals surface area contributed by atoms with E-state index in [9.17, 15) is 4.79 Å². The van der Waals surface area contributed by atoms with Gasteiger partial charge in [0.15, 0.2) is 0 Å². The van der Waals surface area contributed by atoms with Gasteiger partial charge in [0.05, 0.1) is 13.7 Å². The molecule has 4 heteroatoms. The van der Waals surface area contributed by atoms with E-state index in [4.69, 9.17) is 5.90 Å². The van der Waals surface area contributed by atoms with Crippen LogP contribution in [0.2, 0.25) is 0 Å². The van der Waals surface area contributed by atoms with E-state index < -0.39 is 0 Å². The highest BCUT2D eigenvalue weighted by Crippen LogP contribution is 2.03. The first-order chi connectivity index (χ1) is 5.81. The van der Waals surface area contributed by atoms with Gasteiger partial charge in [-0.25, -0.2) is 5.90 Å². The number of rotatable bonds is 7. The van der Waals surface area contributed by atoms with E-state index >= 15 is 0 Å². The third-order valence-corrected chi connectivity index (χ3v) is 1.62. The average Bonchev–Trinajstić information content (AvgIpc) is 2.10. The summed E-state index contributed by atoms with van der Waals surface area (Å²) >= 11 is 0. The molecule has 0 aromatic heterocycles. The molecule has 0 amide bonds. The Morgan fingerprint density at radius 3 is 2.50 bits per heavy atom. The molecule has 72 valence electrons. The Balaban J connectivity index is 2.95. The maximum absolute atomic E-state index is 10.6. The van der Waals surface area contributed by atoms with Gasteiger partial charge in [-0.3, -0.25) is 4.79 Å². The lowest BCUT2D eigenvalue weighted by atomic mass is 10.1. The fourth-order valence-electron chi connectivity index (χ4n) is 0.910. The van der Waals surface area contributed by atoms with Crippen molar-refractivity contribution < 1.29 is 14.4 Å². The molecule has 0 unspecified atom stereocenters. The van der Waals surface area contributed by atoms with Crippen molar-refractivity contribution >= 4 is 5.97 Å². The van der Waals surface area contributed by atoms with Crippen molar-refractivity contribution in [1.82, 2.24) is 0 Å². The second kappa shape index (κ2) is 8.49. The van der Waals surface area contributed by atoms with Gasteiger partial charge in [0.1, 0.15) is 0 Å². The van der Waals surface area contributed by atoms with Gasteiger partial charge in [-0.2, -0.15) is 0 Å². The summed E-state index contributed by atoms with van der Waals surface area (Å²) in [6.45, 7) is 0.595. The monoisotopic (exact) mass is 175 g/mol. The predicted molar refractivity (Wildman–Crippen MR) is 45.2 cm³/mol. The molecule has 0 aromatic rings. The number of hydrogen-bond donors (Lipinski definition) is 1. The van der Waals surface area contributed by atoms with Crippen LogP contribution in [0.15, 0.2) is 0 Å². The minimum absolute atomic E-state index is 0.134. The average molecular weight is 175 g/mol. The third-order valence-electron chi connectivity index (χ3n) is 1.62. The normalized spacial score (nSPS) is 9.83. The largest absolute Gasteiger partial charge is 0.469 e. The summed E-state index contributed by atoms with van der Waals surface area (Å²) in [5, 5.41) is 0. The highest BCUT2D eigenvalue weighted by molar-refractivity contribution is 5.68. The molecule has 0 saturated carbocycles. The van der Waals surface area contributed by atoms with Gasteiger partial charge in [-0.1, -0.05) is 12.8 Å². The van der Waals surface area contributed by atoms with Gasteiger partial charge in [-0.05, 0) is 12.8 Å². The van der Waals surface area contributed by atoms with E-state index in [-0.39, 0.29) is 5.97 Å². The third kappa shape index (κ3) is 7.50. The SMILES string of the molecule is COC(=O)CCCCCCON. The Bertz CT molecular complexity index is 117. The zero-order valence-electron chi connectivity index (χ0n) is 7.54. The van der Waals surface area contributed by atoms with E-state index in [2.05, 4.69) is 9.57 Å². The molecule has 0 bridgehead atoms. The summed E-state index contributed by atoms with van der Waals surface area (Å²) in [4.78, 5) is 15.0. The summed E-state index contributed by atoms with van der Waals surface area (Å²) in [7, 11) is 1.41. The van der Waals surface area contributed by atoms with Gasteiger partial charge in [0, 0.05) is 6.42 Å². The topological polar surface area (TPSA) is 61.5 Å². The molecule has 0 radical (unpaired) electrons. The number of hydrogen-bond acceptors (Lipinski definition) is 4. The first kappa shape index (κ1) is 11.4. The lowest BCUT2D eigenvalue weighted by Crippen LogP contribution is -2.01. The number of nitrogens with two attached hydrogens (primary N) is 1. The molecule has 0 rings (SSSR count). The van der Waals surface area contributed by atoms with Crippen molar-refractivity contribution in [3.05, 3.63) is 0 Å². The minimum Gasteiger partial charge on any atom is -0.469 e. The predicted octanol–water partition coefficient (Wildman–Crippen LogP) is 1.00. The maximum atomic E-state index is 10.6. The number of carbonyl (C=O) groups is 1. The van der Waals surface area contributed by atoms with Crippen LogP contribution in [0, 0.1) is 0 Å². The highest BCUT2D eigenvalue weighted by Gasteiger charge is 1.98. The smallest absolute Gasteiger partial charge is 0.305 e. The molecule has 0 spiro atoms. The van der Waals surface area contributed by atoms with Crippen molar-refractivity contribution in [3.8, 4) is 0 Å². The Labute approximate surface area is 73.0 Å². The standard InChI is InChI=1S/C8H17NO3/c1-11-8(10)6-4-2-3-5-7-12-9/h2-7,9H2,1H3. The molecule has 4 nitrogen and oxygen atoms in total. The fourth-order valence-corrected chi connectivity index (χ4v) is 0.910. The lowest BCUT2D eigenvalue weighted by molar-refractivity contribution is -0.140. The number of ether oxygens (including phenoxy) is 1. The molecular weight excluding hydrogens is 158 g/mol. The van der Waals surface area contributed by atoms with Crippen LogP contribution in [0.3, 0.4) is 0 Å². The molecule has 0 aliphatic rings. The van der Waals surface area contributed by atoms with E-state index in [1.54, 1.807) is 0 Å². The molecule has 0 fully saturated rings. The minimum atomic E-state index is -0.134. The highest BCUT2D eigenvalue weighted by atomic mass is 16.6. The van der Waals surface area contributed by atoms with Crippen LogP contribution in [-0.4, -0.2) is 19.7 Å². The van der Waals surface area contributed by atoms with Gasteiger partial charge in [0.2, 0.25) is 0 Å². The second-order valence-electron chi connectivity index (χ2n) is 2.61. The van der Waals surface area contributed by atoms with Crippen LogP contribution in [0.25, 0.3) is 0 Å². The zero-order valence-corrected chi connectivity index (χ0v) is 7.54. The summed E-state index contributed by atoms with van der Waals surface area (Å²) in [5.41, 5.74) is 0. The van der Waals surface area contributed by atoms with Crippen molar-refractivity contribution in [2.24, 2.45) is 5.90 Å². The molecule has 0 aromatic carbocycles. The van der Waals surface area contributed by atoms with E-state index in [1.165, 1.54) is 7.11 Å². The number of methoxy groups -OCH3 is 1. The number of unbranched alkanes of at least 4 members (excludes halogenated alkanes) is 3. The Kier molecular flexibility index (Phi) is 8.05. The Morgan fingerprint density at radius 2 is 1.92 bits per heavy atom. The molecule has 2 N–H and O–H groups in total. The van der Waals surface area contributed by atoms with Crippen LogP contribution in [0.1, 0.15) is 32.1 Å². The van der Waals surface area contributed by atoms with Crippen LogP contribution in [-0.2, 0) is 14.4 Å². The van der Waals surface area contributed by atoms with E-state index in [0.29, 0.717) is 13.0 Å². The second-order valence-corrected chi connectivity index (χ2v) is 2.61.